The minimum Gasteiger partial charge on any atom is -0.394 e. The van der Waals surface area contributed by atoms with Crippen molar-refractivity contribution < 1.29 is 20.1 Å². The van der Waals surface area contributed by atoms with Crippen LogP contribution in [0, 0.1) is 0 Å². The molecular weight excluding hydrogens is 390 g/mol. The molecule has 5 rings (SSSR count). The molecule has 5 atom stereocenters. The van der Waals surface area contributed by atoms with Crippen LogP contribution in [0.15, 0.2) is 41.5 Å². The van der Waals surface area contributed by atoms with E-state index in [1.54, 1.807) is 4.57 Å². The van der Waals surface area contributed by atoms with Crippen molar-refractivity contribution in [3.8, 4) is 0 Å². The summed E-state index contributed by atoms with van der Waals surface area (Å²) in [6.45, 7) is 0.945. The third kappa shape index (κ3) is 3.00. The van der Waals surface area contributed by atoms with Gasteiger partial charge in [0.2, 0.25) is 5.95 Å². The van der Waals surface area contributed by atoms with Crippen LogP contribution in [0.1, 0.15) is 24.1 Å². The number of aliphatic hydroxyl groups excluding tert-OH is 3. The Kier molecular flexibility index (Phi) is 4.78. The Bertz CT molecular complexity index is 1100. The summed E-state index contributed by atoms with van der Waals surface area (Å²) in [5, 5.41) is 30.3. The van der Waals surface area contributed by atoms with Crippen molar-refractivity contribution in [2.45, 2.75) is 36.9 Å². The molecule has 10 heteroatoms. The lowest BCUT2D eigenvalue weighted by Gasteiger charge is -2.24. The van der Waals surface area contributed by atoms with E-state index in [1.807, 2.05) is 23.1 Å². The summed E-state index contributed by atoms with van der Waals surface area (Å²) >= 11 is 0. The van der Waals surface area contributed by atoms with Gasteiger partial charge in [0, 0.05) is 19.0 Å². The van der Waals surface area contributed by atoms with Gasteiger partial charge in [-0.05, 0) is 12.0 Å². The van der Waals surface area contributed by atoms with Crippen LogP contribution >= 0.6 is 0 Å². The number of nitrogens with one attached hydrogen (secondary N) is 1. The highest BCUT2D eigenvalue weighted by Gasteiger charge is 2.45. The van der Waals surface area contributed by atoms with E-state index in [9.17, 15) is 20.1 Å². The summed E-state index contributed by atoms with van der Waals surface area (Å²) < 4.78 is 7.29. The molecule has 0 amide bonds. The number of nitrogens with zero attached hydrogens (tertiary/aromatic N) is 4. The van der Waals surface area contributed by atoms with Crippen molar-refractivity contribution >= 4 is 17.1 Å². The molecule has 10 nitrogen and oxygen atoms in total. The fourth-order valence-electron chi connectivity index (χ4n) is 4.40. The maximum absolute atomic E-state index is 12.3. The zero-order chi connectivity index (χ0) is 20.8. The van der Waals surface area contributed by atoms with E-state index >= 15 is 0 Å². The number of aromatic nitrogens is 4. The molecule has 0 spiro atoms. The minimum atomic E-state index is -1.30. The first-order valence-electron chi connectivity index (χ1n) is 9.96. The molecule has 0 bridgehead atoms. The summed E-state index contributed by atoms with van der Waals surface area (Å²) in [4.78, 5) is 25.7. The smallest absolute Gasteiger partial charge is 0.278 e. The Morgan fingerprint density at radius 3 is 2.73 bits per heavy atom. The monoisotopic (exact) mass is 413 g/mol. The number of H-pyrrole nitrogens is 1. The average Bonchev–Trinajstić information content (AvgIpc) is 3.46. The van der Waals surface area contributed by atoms with Crippen molar-refractivity contribution in [1.82, 2.24) is 19.5 Å². The molecule has 0 radical (unpaired) electrons. The Morgan fingerprint density at radius 1 is 1.20 bits per heavy atom. The quantitative estimate of drug-likeness (QED) is 0.459. The second-order valence-corrected chi connectivity index (χ2v) is 7.76. The van der Waals surface area contributed by atoms with Crippen LogP contribution < -0.4 is 10.5 Å². The van der Waals surface area contributed by atoms with Gasteiger partial charge in [0.15, 0.2) is 17.4 Å². The fourth-order valence-corrected chi connectivity index (χ4v) is 4.40. The number of benzene rings is 1. The second-order valence-electron chi connectivity index (χ2n) is 7.76. The van der Waals surface area contributed by atoms with Gasteiger partial charge in [0.05, 0.1) is 12.9 Å². The van der Waals surface area contributed by atoms with Crippen LogP contribution in [0.2, 0.25) is 0 Å². The number of rotatable bonds is 4. The number of hydrogen-bond donors (Lipinski definition) is 4. The summed E-state index contributed by atoms with van der Waals surface area (Å²) in [5.74, 6) is 0.748. The predicted molar refractivity (Wildman–Crippen MR) is 107 cm³/mol. The number of hydrogen-bond acceptors (Lipinski definition) is 8. The third-order valence-corrected chi connectivity index (χ3v) is 5.98. The highest BCUT2D eigenvalue weighted by Crippen LogP contribution is 2.37. The molecule has 4 heterocycles. The molecular formula is C20H23N5O5. The lowest BCUT2D eigenvalue weighted by molar-refractivity contribution is -0.0504. The first-order valence-corrected chi connectivity index (χ1v) is 9.96. The van der Waals surface area contributed by atoms with E-state index in [1.165, 1.54) is 11.9 Å². The Labute approximate surface area is 171 Å². The first kappa shape index (κ1) is 19.2. The van der Waals surface area contributed by atoms with Gasteiger partial charge < -0.3 is 29.9 Å². The molecule has 2 aliphatic heterocycles. The van der Waals surface area contributed by atoms with Crippen LogP contribution in [-0.2, 0) is 4.74 Å². The fraction of sp³-hybridized carbons (Fsp3) is 0.450. The zero-order valence-electron chi connectivity index (χ0n) is 16.1. The summed E-state index contributed by atoms with van der Waals surface area (Å²) in [6.07, 6.45) is -2.34. The number of imidazole rings is 1. The highest BCUT2D eigenvalue weighted by molar-refractivity contribution is 5.74. The van der Waals surface area contributed by atoms with E-state index in [0.717, 1.165) is 6.42 Å². The van der Waals surface area contributed by atoms with Crippen LogP contribution in [0.25, 0.3) is 11.2 Å². The van der Waals surface area contributed by atoms with Gasteiger partial charge in [0.25, 0.3) is 5.56 Å². The topological polar surface area (TPSA) is 137 Å². The number of aromatic amines is 1. The molecule has 4 N–H and O–H groups in total. The Hall–Kier alpha value is -2.79. The van der Waals surface area contributed by atoms with Crippen LogP contribution in [0.5, 0.6) is 0 Å². The standard InChI is InChI=1S/C20H23N5O5/c26-9-13-15(27)16(28)19(30-13)25-17-14(18(29)22-10-21-17)23-20(25)24-7-6-12(8-24)11-4-2-1-3-5-11/h1-5,10,12-13,15-16,19,26-28H,6-9H2,(H,21,22,29)/t12-,13+,15-,16-,19+/m1/s1. The Balaban J connectivity index is 1.57. The Morgan fingerprint density at radius 2 is 2.00 bits per heavy atom. The van der Waals surface area contributed by atoms with E-state index in [-0.39, 0.29) is 11.2 Å². The molecule has 2 aliphatic rings. The molecule has 0 aliphatic carbocycles. The third-order valence-electron chi connectivity index (χ3n) is 5.98. The number of fused-ring (bicyclic) bond motifs is 1. The maximum Gasteiger partial charge on any atom is 0.278 e. The largest absolute Gasteiger partial charge is 0.394 e. The van der Waals surface area contributed by atoms with E-state index in [4.69, 9.17) is 4.74 Å². The van der Waals surface area contributed by atoms with Gasteiger partial charge in [-0.1, -0.05) is 30.3 Å². The maximum atomic E-state index is 12.3. The highest BCUT2D eigenvalue weighted by atomic mass is 16.6. The predicted octanol–water partition coefficient (Wildman–Crippen LogP) is -0.275. The molecule has 3 aromatic rings. The van der Waals surface area contributed by atoms with E-state index < -0.39 is 36.7 Å². The van der Waals surface area contributed by atoms with Crippen molar-refractivity contribution in [1.29, 1.82) is 0 Å². The van der Waals surface area contributed by atoms with Gasteiger partial charge in [-0.25, -0.2) is 9.97 Å². The molecule has 0 saturated carbocycles. The molecule has 2 saturated heterocycles. The molecule has 2 fully saturated rings. The van der Waals surface area contributed by atoms with Crippen molar-refractivity contribution in [2.24, 2.45) is 0 Å². The summed E-state index contributed by atoms with van der Waals surface area (Å²) in [5.41, 5.74) is 1.22. The van der Waals surface area contributed by atoms with Crippen LogP contribution in [0.4, 0.5) is 5.95 Å². The van der Waals surface area contributed by atoms with Crippen molar-refractivity contribution in [2.75, 3.05) is 24.6 Å². The number of anilines is 1. The molecule has 30 heavy (non-hydrogen) atoms. The summed E-state index contributed by atoms with van der Waals surface area (Å²) in [7, 11) is 0. The first-order chi connectivity index (χ1) is 14.6. The van der Waals surface area contributed by atoms with E-state index in [0.29, 0.717) is 25.0 Å². The second kappa shape index (κ2) is 7.47. The average molecular weight is 413 g/mol. The molecule has 158 valence electrons. The van der Waals surface area contributed by atoms with Gasteiger partial charge in [-0.3, -0.25) is 9.36 Å². The number of ether oxygens (including phenoxy) is 1. The minimum absolute atomic E-state index is 0.133. The molecule has 2 aromatic heterocycles. The SMILES string of the molecule is O=c1[nH]cnc2c1nc(N1CC[C@@H](c3ccccc3)C1)n2[C@H]1O[C@@H](CO)[C@@H](O)[C@H]1O. The normalized spacial score (nSPS) is 29.2. The lowest BCUT2D eigenvalue weighted by atomic mass is 9.99. The molecule has 0 unspecified atom stereocenters. The van der Waals surface area contributed by atoms with Gasteiger partial charge >= 0.3 is 0 Å². The van der Waals surface area contributed by atoms with Crippen molar-refractivity contribution in [3.63, 3.8) is 0 Å². The molecule has 1 aromatic carbocycles. The number of aliphatic hydroxyl groups is 3. The van der Waals surface area contributed by atoms with Crippen LogP contribution in [0.3, 0.4) is 0 Å². The zero-order valence-corrected chi connectivity index (χ0v) is 16.1. The van der Waals surface area contributed by atoms with Crippen molar-refractivity contribution in [3.05, 3.63) is 52.6 Å². The lowest BCUT2D eigenvalue weighted by Crippen LogP contribution is -2.34. The van der Waals surface area contributed by atoms with Gasteiger partial charge in [-0.15, -0.1) is 0 Å². The van der Waals surface area contributed by atoms with Crippen LogP contribution in [-0.4, -0.2) is 72.8 Å². The summed E-state index contributed by atoms with van der Waals surface area (Å²) in [6, 6.07) is 10.2. The van der Waals surface area contributed by atoms with Gasteiger partial charge in [0.1, 0.15) is 18.3 Å². The van der Waals surface area contributed by atoms with Gasteiger partial charge in [-0.2, -0.15) is 0 Å². The van der Waals surface area contributed by atoms with E-state index in [2.05, 4.69) is 27.1 Å².